The maximum atomic E-state index is 13.5. The first-order chi connectivity index (χ1) is 27.5. The largest absolute Gasteiger partial charge is 0.371 e. The van der Waals surface area contributed by atoms with Gasteiger partial charge in [-0.15, -0.1) is 0 Å². The number of imide groups is 2. The lowest BCUT2D eigenvalue weighted by molar-refractivity contribution is -0.136. The van der Waals surface area contributed by atoms with E-state index in [0.717, 1.165) is 88.4 Å². The molecule has 3 aromatic rings. The van der Waals surface area contributed by atoms with Gasteiger partial charge >= 0.3 is 0 Å². The first-order valence-corrected chi connectivity index (χ1v) is 19.8. The smallest absolute Gasteiger partial charge is 0.271 e. The number of amides is 6. The van der Waals surface area contributed by atoms with Crippen LogP contribution in [0, 0.1) is 11.8 Å². The monoisotopic (exact) mass is 780 g/mol. The predicted molar refractivity (Wildman–Crippen MR) is 208 cm³/mol. The number of hydrogen-bond acceptors (Lipinski definition) is 13. The number of primary amides is 1. The SMILES string of the molecule is Cn1cc(Nc2nc(N3CCCC(NC(=O)C4CCN(CC5CCN(c6ccc7c(c6)C(=O)N(C6CCC(=O)NC6=O)C7=O)CC5)CC4)C3)cnc2C(N)=O)cn1. The maximum absolute atomic E-state index is 13.5. The highest BCUT2D eigenvalue weighted by atomic mass is 16.2. The minimum atomic E-state index is -0.981. The second-order valence-electron chi connectivity index (χ2n) is 15.8. The zero-order valence-electron chi connectivity index (χ0n) is 32.0. The zero-order valence-corrected chi connectivity index (χ0v) is 32.0. The third-order valence-corrected chi connectivity index (χ3v) is 11.9. The van der Waals surface area contributed by atoms with E-state index in [1.165, 1.54) is 0 Å². The van der Waals surface area contributed by atoms with E-state index >= 15 is 0 Å². The van der Waals surface area contributed by atoms with Crippen molar-refractivity contribution in [1.29, 1.82) is 0 Å². The number of nitrogens with two attached hydrogens (primary N) is 1. The highest BCUT2D eigenvalue weighted by molar-refractivity contribution is 6.23. The Kier molecular flexibility index (Phi) is 10.6. The summed E-state index contributed by atoms with van der Waals surface area (Å²) in [5, 5.41) is 12.8. The Balaban J connectivity index is 0.789. The van der Waals surface area contributed by atoms with Crippen LogP contribution in [-0.4, -0.2) is 123 Å². The molecule has 7 heterocycles. The third-order valence-electron chi connectivity index (χ3n) is 11.9. The zero-order chi connectivity index (χ0) is 39.8. The molecule has 6 amide bonds. The molecule has 0 spiro atoms. The van der Waals surface area contributed by atoms with Crippen molar-refractivity contribution in [2.24, 2.45) is 24.6 Å². The number of carbonyl (C=O) groups excluding carboxylic acids is 6. The van der Waals surface area contributed by atoms with Gasteiger partial charge in [0.25, 0.3) is 17.7 Å². The molecule has 5 aliphatic rings. The van der Waals surface area contributed by atoms with Crippen molar-refractivity contribution in [3.05, 3.63) is 53.6 Å². The summed E-state index contributed by atoms with van der Waals surface area (Å²) < 4.78 is 1.63. The molecule has 0 bridgehead atoms. The Morgan fingerprint density at radius 1 is 0.912 bits per heavy atom. The predicted octanol–water partition coefficient (Wildman–Crippen LogP) is 1.17. The first kappa shape index (κ1) is 38.0. The molecule has 1 aromatic carbocycles. The molecule has 2 aromatic heterocycles. The molecule has 4 saturated heterocycles. The number of rotatable bonds is 10. The Bertz CT molecular complexity index is 2090. The second-order valence-corrected chi connectivity index (χ2v) is 15.8. The van der Waals surface area contributed by atoms with E-state index in [0.29, 0.717) is 29.5 Å². The fraction of sp³-hybridized carbons (Fsp3) is 0.513. The number of hydrogen-bond donors (Lipinski definition) is 4. The van der Waals surface area contributed by atoms with Crippen LogP contribution < -0.4 is 31.5 Å². The van der Waals surface area contributed by atoms with Gasteiger partial charge in [0.15, 0.2) is 11.5 Å². The Hall–Kier alpha value is -5.91. The standard InChI is InChI=1S/C39H48N12O6/c1-47-21-26(18-42-47)43-35-33(34(40)53)41-19-31(45-35)50-12-2-3-25(22-50)44-36(54)24-10-13-48(14-11-24)20-23-8-15-49(16-9-23)27-4-5-28-29(17-27)39(57)51(38(28)56)30-6-7-32(52)46-37(30)55/h4-5,17-19,21,23-25,30H,2-3,6-16,20,22H2,1H3,(H2,40,53)(H,43,45)(H,44,54)(H,46,52,55). The van der Waals surface area contributed by atoms with Crippen LogP contribution in [0.25, 0.3) is 0 Å². The van der Waals surface area contributed by atoms with Gasteiger partial charge in [-0.2, -0.15) is 5.10 Å². The summed E-state index contributed by atoms with van der Waals surface area (Å²) in [4.78, 5) is 92.8. The summed E-state index contributed by atoms with van der Waals surface area (Å²) in [6, 6.07) is 4.29. The van der Waals surface area contributed by atoms with Crippen LogP contribution in [0.2, 0.25) is 0 Å². The van der Waals surface area contributed by atoms with Crippen molar-refractivity contribution in [2.45, 2.75) is 63.5 Å². The van der Waals surface area contributed by atoms with Crippen molar-refractivity contribution in [1.82, 2.24) is 40.2 Å². The van der Waals surface area contributed by atoms with Crippen LogP contribution in [0.4, 0.5) is 23.0 Å². The highest BCUT2D eigenvalue weighted by Gasteiger charge is 2.45. The number of anilines is 4. The molecule has 0 saturated carbocycles. The van der Waals surface area contributed by atoms with Gasteiger partial charge in [0.1, 0.15) is 11.9 Å². The van der Waals surface area contributed by atoms with Gasteiger partial charge < -0.3 is 31.1 Å². The molecule has 57 heavy (non-hydrogen) atoms. The maximum Gasteiger partial charge on any atom is 0.271 e. The van der Waals surface area contributed by atoms with Gasteiger partial charge in [-0.05, 0) is 82.2 Å². The van der Waals surface area contributed by atoms with Crippen LogP contribution in [-0.2, 0) is 21.4 Å². The summed E-state index contributed by atoms with van der Waals surface area (Å²) in [5.41, 5.74) is 7.73. The number of piperidine rings is 4. The summed E-state index contributed by atoms with van der Waals surface area (Å²) in [7, 11) is 1.79. The molecule has 0 aliphatic carbocycles. The number of aromatic nitrogens is 4. The van der Waals surface area contributed by atoms with Crippen molar-refractivity contribution >= 4 is 58.5 Å². The van der Waals surface area contributed by atoms with Crippen molar-refractivity contribution in [3.63, 3.8) is 0 Å². The number of benzene rings is 1. The van der Waals surface area contributed by atoms with Gasteiger partial charge in [0.05, 0.1) is 29.2 Å². The molecule has 5 N–H and O–H groups in total. The van der Waals surface area contributed by atoms with Crippen LogP contribution in [0.1, 0.15) is 82.6 Å². The normalized spacial score (nSPS) is 22.4. The lowest BCUT2D eigenvalue weighted by atomic mass is 9.91. The molecule has 4 fully saturated rings. The van der Waals surface area contributed by atoms with Crippen LogP contribution in [0.3, 0.4) is 0 Å². The topological polar surface area (TPSA) is 221 Å². The molecule has 0 radical (unpaired) electrons. The van der Waals surface area contributed by atoms with E-state index in [1.807, 2.05) is 6.07 Å². The number of fused-ring (bicyclic) bond motifs is 1. The van der Waals surface area contributed by atoms with E-state index < -0.39 is 35.6 Å². The summed E-state index contributed by atoms with van der Waals surface area (Å²) in [5.74, 6) is -1.26. The van der Waals surface area contributed by atoms with E-state index in [4.69, 9.17) is 5.73 Å². The van der Waals surface area contributed by atoms with E-state index in [2.05, 4.69) is 45.7 Å². The van der Waals surface area contributed by atoms with Crippen molar-refractivity contribution in [2.75, 3.05) is 60.9 Å². The molecule has 18 heteroatoms. The minimum Gasteiger partial charge on any atom is -0.371 e. The summed E-state index contributed by atoms with van der Waals surface area (Å²) in [6.45, 7) is 5.69. The van der Waals surface area contributed by atoms with Gasteiger partial charge in [-0.3, -0.25) is 43.7 Å². The van der Waals surface area contributed by atoms with Gasteiger partial charge in [-0.25, -0.2) is 9.97 Å². The van der Waals surface area contributed by atoms with E-state index in [9.17, 15) is 28.8 Å². The number of aryl methyl sites for hydroxylation is 1. The molecule has 300 valence electrons. The molecule has 2 unspecified atom stereocenters. The highest BCUT2D eigenvalue weighted by Crippen LogP contribution is 2.33. The molecular formula is C39H48N12O6. The quantitative estimate of drug-likeness (QED) is 0.213. The van der Waals surface area contributed by atoms with Crippen LogP contribution >= 0.6 is 0 Å². The fourth-order valence-electron chi connectivity index (χ4n) is 8.82. The van der Waals surface area contributed by atoms with E-state index in [-0.39, 0.29) is 47.8 Å². The Morgan fingerprint density at radius 3 is 2.40 bits per heavy atom. The van der Waals surface area contributed by atoms with E-state index in [1.54, 1.807) is 42.5 Å². The number of nitrogens with zero attached hydrogens (tertiary/aromatic N) is 8. The Labute approximate surface area is 329 Å². The van der Waals surface area contributed by atoms with Gasteiger partial charge in [0, 0.05) is 70.0 Å². The van der Waals surface area contributed by atoms with Crippen LogP contribution in [0.15, 0.2) is 36.8 Å². The van der Waals surface area contributed by atoms with Crippen molar-refractivity contribution in [3.8, 4) is 0 Å². The molecule has 5 aliphatic heterocycles. The number of likely N-dealkylation sites (tertiary alicyclic amines) is 1. The van der Waals surface area contributed by atoms with Gasteiger partial charge in [0.2, 0.25) is 17.7 Å². The average Bonchev–Trinajstić information content (AvgIpc) is 3.73. The average molecular weight is 781 g/mol. The molecule has 2 atom stereocenters. The fourth-order valence-corrected chi connectivity index (χ4v) is 8.82. The second kappa shape index (κ2) is 15.9. The number of nitrogens with one attached hydrogen (secondary N) is 3. The van der Waals surface area contributed by atoms with Crippen molar-refractivity contribution < 1.29 is 28.8 Å². The minimum absolute atomic E-state index is 0.0321. The summed E-state index contributed by atoms with van der Waals surface area (Å²) in [6.07, 6.45) is 10.5. The third kappa shape index (κ3) is 8.03. The lowest BCUT2D eigenvalue weighted by Crippen LogP contribution is -2.54. The lowest BCUT2D eigenvalue weighted by Gasteiger charge is -2.39. The summed E-state index contributed by atoms with van der Waals surface area (Å²) >= 11 is 0. The first-order valence-electron chi connectivity index (χ1n) is 19.8. The molecular weight excluding hydrogens is 733 g/mol. The molecule has 8 rings (SSSR count). The van der Waals surface area contributed by atoms with Crippen LogP contribution in [0.5, 0.6) is 0 Å². The van der Waals surface area contributed by atoms with Gasteiger partial charge in [-0.1, -0.05) is 0 Å². The number of carbonyl (C=O) groups is 6. The Morgan fingerprint density at radius 2 is 1.68 bits per heavy atom. The molecule has 18 nitrogen and oxygen atoms in total.